The van der Waals surface area contributed by atoms with Gasteiger partial charge in [-0.15, -0.1) is 0 Å². The van der Waals surface area contributed by atoms with Crippen molar-refractivity contribution in [2.75, 3.05) is 18.6 Å². The second-order valence-corrected chi connectivity index (χ2v) is 5.01. The van der Waals surface area contributed by atoms with Gasteiger partial charge in [-0.05, 0) is 25.0 Å². The fourth-order valence-electron chi connectivity index (χ4n) is 2.72. The number of anilines is 1. The molecule has 1 aliphatic heterocycles. The van der Waals surface area contributed by atoms with Crippen LogP contribution in [0.25, 0.3) is 0 Å². The van der Waals surface area contributed by atoms with Gasteiger partial charge in [0.2, 0.25) is 5.91 Å². The number of rotatable bonds is 2. The van der Waals surface area contributed by atoms with E-state index in [0.29, 0.717) is 17.0 Å². The average Bonchev–Trinajstić information content (AvgIpc) is 2.38. The van der Waals surface area contributed by atoms with E-state index >= 15 is 0 Å². The summed E-state index contributed by atoms with van der Waals surface area (Å²) in [6, 6.07) is 3.48. The van der Waals surface area contributed by atoms with Crippen LogP contribution in [-0.2, 0) is 15.1 Å². The molecule has 1 amide bonds. The molecule has 0 saturated heterocycles. The number of aryl methyl sites for hydroxylation is 1. The maximum absolute atomic E-state index is 11.8. The Morgan fingerprint density at radius 3 is 2.60 bits per heavy atom. The van der Waals surface area contributed by atoms with Crippen LogP contribution in [0.4, 0.5) is 5.69 Å². The number of nitrogens with two attached hydrogens (primary N) is 1. The third-order valence-electron chi connectivity index (χ3n) is 3.78. The number of hydrogen-bond acceptors (Lipinski definition) is 4. The number of aliphatic carboxylic acids is 1. The lowest BCUT2D eigenvalue weighted by Gasteiger charge is -2.39. The van der Waals surface area contributed by atoms with E-state index in [1.165, 1.54) is 18.9 Å². The first-order valence-electron chi connectivity index (χ1n) is 6.31. The van der Waals surface area contributed by atoms with Crippen LogP contribution in [0.2, 0.25) is 0 Å². The summed E-state index contributed by atoms with van der Waals surface area (Å²) in [5, 5.41) is 9.49. The van der Waals surface area contributed by atoms with Crippen molar-refractivity contribution < 1.29 is 19.4 Å². The van der Waals surface area contributed by atoms with Gasteiger partial charge in [-0.25, -0.2) is 4.79 Å². The highest BCUT2D eigenvalue weighted by molar-refractivity contribution is 5.98. The Bertz CT molecular complexity index is 585. The second-order valence-electron chi connectivity index (χ2n) is 5.01. The molecule has 1 atom stereocenters. The molecule has 2 rings (SSSR count). The number of nitrogens with zero attached hydrogens (tertiary/aromatic N) is 1. The van der Waals surface area contributed by atoms with E-state index in [4.69, 9.17) is 10.5 Å². The number of carboxylic acid groups (broad SMARTS) is 1. The number of carbonyl (C=O) groups excluding carboxylic acids is 1. The van der Waals surface area contributed by atoms with E-state index < -0.39 is 11.5 Å². The van der Waals surface area contributed by atoms with Gasteiger partial charge in [0.15, 0.2) is 0 Å². The molecule has 0 fully saturated rings. The zero-order valence-corrected chi connectivity index (χ0v) is 11.8. The van der Waals surface area contributed by atoms with E-state index in [2.05, 4.69) is 0 Å². The van der Waals surface area contributed by atoms with Crippen LogP contribution in [-0.4, -0.2) is 30.6 Å². The predicted molar refractivity (Wildman–Crippen MR) is 73.9 cm³/mol. The Kier molecular flexibility index (Phi) is 3.43. The van der Waals surface area contributed by atoms with Crippen LogP contribution in [0.5, 0.6) is 5.75 Å². The van der Waals surface area contributed by atoms with Crippen molar-refractivity contribution in [3.05, 3.63) is 23.3 Å². The molecule has 1 heterocycles. The Morgan fingerprint density at radius 1 is 1.45 bits per heavy atom. The third-order valence-corrected chi connectivity index (χ3v) is 3.78. The molecule has 0 bridgehead atoms. The summed E-state index contributed by atoms with van der Waals surface area (Å²) in [6.45, 7) is 3.48. The molecule has 1 aromatic rings. The van der Waals surface area contributed by atoms with Crippen LogP contribution in [0, 0.1) is 6.92 Å². The molecule has 1 unspecified atom stereocenters. The first kappa shape index (κ1) is 14.3. The van der Waals surface area contributed by atoms with Crippen LogP contribution >= 0.6 is 0 Å². The van der Waals surface area contributed by atoms with E-state index in [9.17, 15) is 14.7 Å². The van der Waals surface area contributed by atoms with Gasteiger partial charge in [0.05, 0.1) is 12.8 Å². The average molecular weight is 278 g/mol. The number of ether oxygens (including phenoxy) is 1. The molecule has 0 saturated carbocycles. The Balaban J connectivity index is 2.79. The standard InChI is InChI=1S/C14H18N2O4/c1-8-4-5-10(20-3)12-11(8)14(15,13(18)19)6-7-16(12)9(2)17/h4-5H,6-7,15H2,1-3H3,(H,18,19). The van der Waals surface area contributed by atoms with Crippen LogP contribution < -0.4 is 15.4 Å². The van der Waals surface area contributed by atoms with Gasteiger partial charge in [0.25, 0.3) is 0 Å². The Hall–Kier alpha value is -2.08. The van der Waals surface area contributed by atoms with Gasteiger partial charge in [-0.2, -0.15) is 0 Å². The SMILES string of the molecule is COc1ccc(C)c2c1N(C(C)=O)CCC2(N)C(=O)O. The minimum Gasteiger partial charge on any atom is -0.495 e. The first-order chi connectivity index (χ1) is 9.32. The largest absolute Gasteiger partial charge is 0.495 e. The van der Waals surface area contributed by atoms with Gasteiger partial charge in [0.1, 0.15) is 11.3 Å². The van der Waals surface area contributed by atoms with Crippen molar-refractivity contribution >= 4 is 17.6 Å². The molecule has 0 spiro atoms. The van der Waals surface area contributed by atoms with Crippen LogP contribution in [0.3, 0.4) is 0 Å². The molecule has 0 aliphatic carbocycles. The minimum absolute atomic E-state index is 0.164. The highest BCUT2D eigenvalue weighted by atomic mass is 16.5. The molecule has 6 nitrogen and oxygen atoms in total. The maximum atomic E-state index is 11.8. The number of methoxy groups -OCH3 is 1. The summed E-state index contributed by atoms with van der Waals surface area (Å²) >= 11 is 0. The van der Waals surface area contributed by atoms with Crippen LogP contribution in [0.15, 0.2) is 12.1 Å². The lowest BCUT2D eigenvalue weighted by Crippen LogP contribution is -2.53. The fraction of sp³-hybridized carbons (Fsp3) is 0.429. The smallest absolute Gasteiger partial charge is 0.328 e. The molecule has 3 N–H and O–H groups in total. The lowest BCUT2D eigenvalue weighted by atomic mass is 9.80. The van der Waals surface area contributed by atoms with E-state index in [-0.39, 0.29) is 18.9 Å². The summed E-state index contributed by atoms with van der Waals surface area (Å²) in [5.74, 6) is -0.808. The predicted octanol–water partition coefficient (Wildman–Crippen LogP) is 0.999. The number of fused-ring (bicyclic) bond motifs is 1. The monoisotopic (exact) mass is 278 g/mol. The molecule has 1 aromatic carbocycles. The highest BCUT2D eigenvalue weighted by Gasteiger charge is 2.45. The lowest BCUT2D eigenvalue weighted by molar-refractivity contribution is -0.144. The molecule has 0 aromatic heterocycles. The first-order valence-corrected chi connectivity index (χ1v) is 6.31. The number of benzene rings is 1. The molecule has 20 heavy (non-hydrogen) atoms. The summed E-state index contributed by atoms with van der Waals surface area (Å²) < 4.78 is 5.28. The number of carbonyl (C=O) groups is 2. The van der Waals surface area contributed by atoms with Crippen molar-refractivity contribution in [3.8, 4) is 5.75 Å². The summed E-state index contributed by atoms with van der Waals surface area (Å²) in [6.07, 6.45) is 0.170. The van der Waals surface area contributed by atoms with Crippen molar-refractivity contribution in [2.45, 2.75) is 25.8 Å². The molecular formula is C14H18N2O4. The molecule has 1 aliphatic rings. The van der Waals surface area contributed by atoms with Crippen molar-refractivity contribution in [1.82, 2.24) is 0 Å². The zero-order chi connectivity index (χ0) is 15.1. The van der Waals surface area contributed by atoms with E-state index in [1.807, 2.05) is 0 Å². The van der Waals surface area contributed by atoms with E-state index in [1.54, 1.807) is 19.1 Å². The Labute approximate surface area is 117 Å². The van der Waals surface area contributed by atoms with Gasteiger partial charge in [0, 0.05) is 19.0 Å². The molecular weight excluding hydrogens is 260 g/mol. The highest BCUT2D eigenvalue weighted by Crippen LogP contribution is 2.44. The minimum atomic E-state index is -1.50. The summed E-state index contributed by atoms with van der Waals surface area (Å²) in [5.41, 5.74) is 6.26. The van der Waals surface area contributed by atoms with Crippen molar-refractivity contribution in [2.24, 2.45) is 5.73 Å². The topological polar surface area (TPSA) is 92.9 Å². The maximum Gasteiger partial charge on any atom is 0.328 e. The normalized spacial score (nSPS) is 21.3. The third kappa shape index (κ3) is 1.92. The number of hydrogen-bond donors (Lipinski definition) is 2. The summed E-state index contributed by atoms with van der Waals surface area (Å²) in [4.78, 5) is 24.9. The van der Waals surface area contributed by atoms with Gasteiger partial charge in [-0.3, -0.25) is 4.79 Å². The molecule has 108 valence electrons. The van der Waals surface area contributed by atoms with Crippen molar-refractivity contribution in [1.29, 1.82) is 0 Å². The quantitative estimate of drug-likeness (QED) is 0.841. The fourth-order valence-corrected chi connectivity index (χ4v) is 2.72. The van der Waals surface area contributed by atoms with Crippen LogP contribution in [0.1, 0.15) is 24.5 Å². The van der Waals surface area contributed by atoms with E-state index in [0.717, 1.165) is 5.56 Å². The zero-order valence-electron chi connectivity index (χ0n) is 11.8. The summed E-state index contributed by atoms with van der Waals surface area (Å²) in [7, 11) is 1.48. The van der Waals surface area contributed by atoms with Gasteiger partial charge >= 0.3 is 5.97 Å². The second kappa shape index (κ2) is 4.79. The van der Waals surface area contributed by atoms with Gasteiger partial charge in [-0.1, -0.05) is 6.07 Å². The number of carboxylic acids is 1. The van der Waals surface area contributed by atoms with Crippen molar-refractivity contribution in [3.63, 3.8) is 0 Å². The number of amides is 1. The molecule has 6 heteroatoms. The Morgan fingerprint density at radius 2 is 2.10 bits per heavy atom. The molecule has 0 radical (unpaired) electrons. The van der Waals surface area contributed by atoms with Gasteiger partial charge < -0.3 is 20.5 Å².